The molecule has 2 aromatic rings. The van der Waals surface area contributed by atoms with Crippen LogP contribution in [0, 0.1) is 5.41 Å². The molecular formula is C19H19N3O6. The van der Waals surface area contributed by atoms with Crippen molar-refractivity contribution >= 4 is 23.5 Å². The summed E-state index contributed by atoms with van der Waals surface area (Å²) in [6.45, 7) is 0. The van der Waals surface area contributed by atoms with Crippen molar-refractivity contribution in [2.24, 2.45) is 5.73 Å². The third-order valence-corrected chi connectivity index (χ3v) is 3.66. The molecule has 146 valence electrons. The number of hydrogen-bond acceptors (Lipinski definition) is 6. The van der Waals surface area contributed by atoms with Crippen molar-refractivity contribution in [2.75, 3.05) is 0 Å². The van der Waals surface area contributed by atoms with Gasteiger partial charge in [-0.15, -0.1) is 0 Å². The van der Waals surface area contributed by atoms with Gasteiger partial charge in [0, 0.05) is 11.1 Å². The van der Waals surface area contributed by atoms with Crippen LogP contribution in [-0.2, 0) is 9.59 Å². The molecule has 9 heteroatoms. The second-order valence-corrected chi connectivity index (χ2v) is 5.80. The summed E-state index contributed by atoms with van der Waals surface area (Å²) in [4.78, 5) is 35.6. The van der Waals surface area contributed by atoms with Crippen molar-refractivity contribution in [1.82, 2.24) is 5.32 Å². The first-order chi connectivity index (χ1) is 13.3. The lowest BCUT2D eigenvalue weighted by Gasteiger charge is -2.17. The fourth-order valence-electron chi connectivity index (χ4n) is 2.27. The zero-order chi connectivity index (χ0) is 20.7. The molecule has 2 unspecified atom stereocenters. The standard InChI is InChI=1S/C19H19N3O6/c20-17(21)11-6-8-12(9-7-11)18(25)22-15(24)10-14(23)16(19(26)27)28-13-4-2-1-3-5-13/h1-9,15-16,24H,10H2,(H3,20,21)(H,22,25)(H,26,27). The lowest BCUT2D eigenvalue weighted by Crippen LogP contribution is -2.42. The molecular weight excluding hydrogens is 366 g/mol. The van der Waals surface area contributed by atoms with Crippen LogP contribution in [0.25, 0.3) is 0 Å². The number of para-hydroxylation sites is 1. The number of carbonyl (C=O) groups excluding carboxylic acids is 2. The van der Waals surface area contributed by atoms with E-state index in [1.807, 2.05) is 0 Å². The molecule has 0 aromatic heterocycles. The van der Waals surface area contributed by atoms with Crippen LogP contribution in [0.1, 0.15) is 22.3 Å². The maximum Gasteiger partial charge on any atom is 0.352 e. The fourth-order valence-corrected chi connectivity index (χ4v) is 2.27. The lowest BCUT2D eigenvalue weighted by molar-refractivity contribution is -0.150. The number of ether oxygens (including phenoxy) is 1. The summed E-state index contributed by atoms with van der Waals surface area (Å²) in [7, 11) is 0. The molecule has 0 aliphatic heterocycles. The first kappa shape index (κ1) is 20.6. The van der Waals surface area contributed by atoms with E-state index in [0.717, 1.165) is 0 Å². The van der Waals surface area contributed by atoms with E-state index in [-0.39, 0.29) is 17.1 Å². The first-order valence-electron chi connectivity index (χ1n) is 8.18. The number of amidine groups is 1. The Morgan fingerprint density at radius 3 is 2.14 bits per heavy atom. The largest absolute Gasteiger partial charge is 0.478 e. The van der Waals surface area contributed by atoms with E-state index in [9.17, 15) is 24.6 Å². The van der Waals surface area contributed by atoms with Gasteiger partial charge >= 0.3 is 5.97 Å². The second kappa shape index (κ2) is 9.28. The molecule has 2 atom stereocenters. The summed E-state index contributed by atoms with van der Waals surface area (Å²) in [6.07, 6.45) is -4.07. The van der Waals surface area contributed by atoms with Crippen LogP contribution >= 0.6 is 0 Å². The van der Waals surface area contributed by atoms with Gasteiger partial charge in [0.2, 0.25) is 0 Å². The molecule has 6 N–H and O–H groups in total. The highest BCUT2D eigenvalue weighted by molar-refractivity contribution is 6.02. The van der Waals surface area contributed by atoms with Gasteiger partial charge in [-0.25, -0.2) is 4.79 Å². The number of aliphatic hydroxyl groups is 1. The van der Waals surface area contributed by atoms with Crippen molar-refractivity contribution in [3.63, 3.8) is 0 Å². The van der Waals surface area contributed by atoms with Gasteiger partial charge < -0.3 is 26.0 Å². The number of carboxylic acids is 1. The molecule has 0 radical (unpaired) electrons. The molecule has 0 saturated heterocycles. The van der Waals surface area contributed by atoms with E-state index in [1.54, 1.807) is 18.2 Å². The van der Waals surface area contributed by atoms with E-state index in [0.29, 0.717) is 5.56 Å². The normalized spacial score (nSPS) is 12.5. The summed E-state index contributed by atoms with van der Waals surface area (Å²) in [5.74, 6) is -3.06. The van der Waals surface area contributed by atoms with E-state index < -0.39 is 36.4 Å². The van der Waals surface area contributed by atoms with Crippen LogP contribution in [0.4, 0.5) is 0 Å². The number of hydrogen-bond donors (Lipinski definition) is 5. The second-order valence-electron chi connectivity index (χ2n) is 5.80. The fraction of sp³-hybridized carbons (Fsp3) is 0.158. The lowest BCUT2D eigenvalue weighted by atomic mass is 10.1. The smallest absolute Gasteiger partial charge is 0.352 e. The van der Waals surface area contributed by atoms with Crippen LogP contribution in [0.15, 0.2) is 54.6 Å². The zero-order valence-corrected chi connectivity index (χ0v) is 14.7. The quantitative estimate of drug-likeness (QED) is 0.182. The molecule has 0 aliphatic rings. The summed E-state index contributed by atoms with van der Waals surface area (Å²) in [6, 6.07) is 13.6. The Labute approximate surface area is 160 Å². The number of nitrogen functional groups attached to an aromatic ring is 1. The Bertz CT molecular complexity index is 867. The number of carbonyl (C=O) groups is 3. The highest BCUT2D eigenvalue weighted by Gasteiger charge is 2.30. The molecule has 2 rings (SSSR count). The molecule has 0 saturated carbocycles. The number of ketones is 1. The van der Waals surface area contributed by atoms with E-state index in [4.69, 9.17) is 15.9 Å². The Kier molecular flexibility index (Phi) is 6.83. The van der Waals surface area contributed by atoms with Crippen LogP contribution in [0.5, 0.6) is 5.75 Å². The minimum Gasteiger partial charge on any atom is -0.478 e. The molecule has 9 nitrogen and oxygen atoms in total. The number of aliphatic carboxylic acids is 1. The minimum absolute atomic E-state index is 0.157. The average molecular weight is 385 g/mol. The predicted octanol–water partition coefficient (Wildman–Crippen LogP) is 0.510. The van der Waals surface area contributed by atoms with Gasteiger partial charge in [0.25, 0.3) is 12.0 Å². The average Bonchev–Trinajstić information content (AvgIpc) is 2.66. The molecule has 1 amide bonds. The molecule has 0 bridgehead atoms. The van der Waals surface area contributed by atoms with E-state index in [2.05, 4.69) is 5.32 Å². The van der Waals surface area contributed by atoms with Crippen molar-refractivity contribution in [3.05, 3.63) is 65.7 Å². The highest BCUT2D eigenvalue weighted by atomic mass is 16.5. The molecule has 2 aromatic carbocycles. The van der Waals surface area contributed by atoms with E-state index in [1.165, 1.54) is 36.4 Å². The minimum atomic E-state index is -1.82. The van der Waals surface area contributed by atoms with Crippen molar-refractivity contribution < 1.29 is 29.3 Å². The Morgan fingerprint density at radius 2 is 1.61 bits per heavy atom. The third kappa shape index (κ3) is 5.64. The number of benzene rings is 2. The Morgan fingerprint density at radius 1 is 1.04 bits per heavy atom. The van der Waals surface area contributed by atoms with Gasteiger partial charge in [0.05, 0.1) is 6.42 Å². The van der Waals surface area contributed by atoms with Crippen molar-refractivity contribution in [2.45, 2.75) is 18.8 Å². The molecule has 0 aliphatic carbocycles. The number of carboxylic acid groups (broad SMARTS) is 1. The number of aliphatic hydroxyl groups excluding tert-OH is 1. The molecule has 0 spiro atoms. The number of nitrogens with two attached hydrogens (primary N) is 1. The number of rotatable bonds is 9. The summed E-state index contributed by atoms with van der Waals surface area (Å²) >= 11 is 0. The summed E-state index contributed by atoms with van der Waals surface area (Å²) in [5.41, 5.74) is 5.93. The molecule has 28 heavy (non-hydrogen) atoms. The van der Waals surface area contributed by atoms with Gasteiger partial charge in [-0.05, 0) is 24.3 Å². The topological polar surface area (TPSA) is 163 Å². The van der Waals surface area contributed by atoms with Crippen LogP contribution in [0.3, 0.4) is 0 Å². The van der Waals surface area contributed by atoms with Crippen LogP contribution in [-0.4, -0.2) is 46.0 Å². The SMILES string of the molecule is N=C(N)c1ccc(C(=O)NC(O)CC(=O)C(Oc2ccccc2)C(=O)O)cc1. The Balaban J connectivity index is 1.96. The molecule has 0 fully saturated rings. The zero-order valence-electron chi connectivity index (χ0n) is 14.7. The predicted molar refractivity (Wildman–Crippen MR) is 99.0 cm³/mol. The van der Waals surface area contributed by atoms with E-state index >= 15 is 0 Å². The van der Waals surface area contributed by atoms with Gasteiger partial charge in [-0.2, -0.15) is 0 Å². The van der Waals surface area contributed by atoms with Gasteiger partial charge in [0.1, 0.15) is 17.8 Å². The van der Waals surface area contributed by atoms with Crippen LogP contribution in [0.2, 0.25) is 0 Å². The summed E-state index contributed by atoms with van der Waals surface area (Å²) in [5, 5.41) is 28.6. The number of nitrogens with one attached hydrogen (secondary N) is 2. The first-order valence-corrected chi connectivity index (χ1v) is 8.18. The third-order valence-electron chi connectivity index (χ3n) is 3.66. The van der Waals surface area contributed by atoms with Crippen LogP contribution < -0.4 is 15.8 Å². The maximum absolute atomic E-state index is 12.2. The van der Waals surface area contributed by atoms with Gasteiger partial charge in [-0.1, -0.05) is 30.3 Å². The number of amides is 1. The summed E-state index contributed by atoms with van der Waals surface area (Å²) < 4.78 is 5.16. The van der Waals surface area contributed by atoms with Gasteiger partial charge in [0.15, 0.2) is 5.78 Å². The Hall–Kier alpha value is -3.72. The highest BCUT2D eigenvalue weighted by Crippen LogP contribution is 2.13. The van der Waals surface area contributed by atoms with Gasteiger partial charge in [-0.3, -0.25) is 15.0 Å². The number of Topliss-reactive ketones (excluding diaryl/α,β-unsaturated/α-hetero) is 1. The monoisotopic (exact) mass is 385 g/mol. The van der Waals surface area contributed by atoms with Crippen molar-refractivity contribution in [1.29, 1.82) is 5.41 Å². The van der Waals surface area contributed by atoms with Crippen molar-refractivity contribution in [3.8, 4) is 5.75 Å². The molecule has 0 heterocycles. The maximum atomic E-state index is 12.2.